The molecule has 1 aromatic carbocycles. The molecule has 1 heterocycles. The minimum absolute atomic E-state index is 0.0737. The molecule has 3 amide bonds. The van der Waals surface area contributed by atoms with Crippen molar-refractivity contribution >= 4 is 33.7 Å². The standard InChI is InChI=1S/C23H26N4O7S/c1-34-20(28)14-25-23(31)19-12-9-16(13-24-19)22(30)27-35(32,33)18-10-7-15(8-11-18)21(29)26-17-5-3-2-4-6-17/h7-13,17H,2-6,14H2,1H3,(H,25,31)(H,26,29)(H,27,30). The van der Waals surface area contributed by atoms with Gasteiger partial charge in [0.1, 0.15) is 12.2 Å². The lowest BCUT2D eigenvalue weighted by Gasteiger charge is -2.22. The van der Waals surface area contributed by atoms with Gasteiger partial charge in [0, 0.05) is 17.8 Å². The fourth-order valence-corrected chi connectivity index (χ4v) is 4.49. The highest BCUT2D eigenvalue weighted by Gasteiger charge is 2.21. The first-order chi connectivity index (χ1) is 16.7. The average Bonchev–Trinajstić information content (AvgIpc) is 2.87. The van der Waals surface area contributed by atoms with E-state index in [1.807, 2.05) is 4.72 Å². The summed E-state index contributed by atoms with van der Waals surface area (Å²) in [4.78, 5) is 51.5. The second-order valence-corrected chi connectivity index (χ2v) is 9.64. The van der Waals surface area contributed by atoms with Gasteiger partial charge in [-0.15, -0.1) is 0 Å². The van der Waals surface area contributed by atoms with Crippen LogP contribution in [0.4, 0.5) is 0 Å². The van der Waals surface area contributed by atoms with E-state index in [-0.39, 0.29) is 34.6 Å². The number of carbonyl (C=O) groups excluding carboxylic acids is 4. The second kappa shape index (κ2) is 11.6. The number of esters is 1. The van der Waals surface area contributed by atoms with Crippen LogP contribution in [0.2, 0.25) is 0 Å². The van der Waals surface area contributed by atoms with E-state index >= 15 is 0 Å². The molecule has 0 atom stereocenters. The number of amides is 3. The van der Waals surface area contributed by atoms with Gasteiger partial charge < -0.3 is 15.4 Å². The van der Waals surface area contributed by atoms with Crippen molar-refractivity contribution in [3.8, 4) is 0 Å². The highest BCUT2D eigenvalue weighted by Crippen LogP contribution is 2.18. The monoisotopic (exact) mass is 502 g/mol. The maximum atomic E-state index is 12.6. The molecule has 35 heavy (non-hydrogen) atoms. The number of sulfonamides is 1. The minimum Gasteiger partial charge on any atom is -0.468 e. The second-order valence-electron chi connectivity index (χ2n) is 7.96. The molecule has 1 aliphatic carbocycles. The third-order valence-corrected chi connectivity index (χ3v) is 6.82. The molecule has 0 bridgehead atoms. The Morgan fingerprint density at radius 3 is 2.17 bits per heavy atom. The summed E-state index contributed by atoms with van der Waals surface area (Å²) in [5, 5.41) is 5.25. The van der Waals surface area contributed by atoms with Gasteiger partial charge in [0.05, 0.1) is 17.6 Å². The summed E-state index contributed by atoms with van der Waals surface area (Å²) in [5.74, 6) is -2.52. The van der Waals surface area contributed by atoms with Crippen molar-refractivity contribution in [2.45, 2.75) is 43.0 Å². The van der Waals surface area contributed by atoms with Crippen molar-refractivity contribution in [1.29, 1.82) is 0 Å². The lowest BCUT2D eigenvalue weighted by atomic mass is 9.95. The molecule has 0 saturated heterocycles. The fraction of sp³-hybridized carbons (Fsp3) is 0.348. The van der Waals surface area contributed by atoms with Crippen LogP contribution < -0.4 is 15.4 Å². The summed E-state index contributed by atoms with van der Waals surface area (Å²) in [7, 11) is -3.04. The number of pyridine rings is 1. The molecule has 0 unspecified atom stereocenters. The van der Waals surface area contributed by atoms with Crippen LogP contribution >= 0.6 is 0 Å². The molecule has 0 aliphatic heterocycles. The predicted octanol–water partition coefficient (Wildman–Crippen LogP) is 1.17. The highest BCUT2D eigenvalue weighted by atomic mass is 32.2. The summed E-state index contributed by atoms with van der Waals surface area (Å²) in [5.41, 5.74) is 0.156. The molecule has 1 aliphatic rings. The van der Waals surface area contributed by atoms with E-state index < -0.39 is 27.8 Å². The number of hydrogen-bond acceptors (Lipinski definition) is 8. The molecule has 1 fully saturated rings. The van der Waals surface area contributed by atoms with Crippen molar-refractivity contribution < 1.29 is 32.3 Å². The number of ether oxygens (including phenoxy) is 1. The number of benzene rings is 1. The van der Waals surface area contributed by atoms with E-state index in [0.717, 1.165) is 38.3 Å². The zero-order valence-electron chi connectivity index (χ0n) is 19.1. The smallest absolute Gasteiger partial charge is 0.325 e. The lowest BCUT2D eigenvalue weighted by Crippen LogP contribution is -2.36. The Hall–Kier alpha value is -3.80. The van der Waals surface area contributed by atoms with Crippen LogP contribution in [0.15, 0.2) is 47.5 Å². The summed E-state index contributed by atoms with van der Waals surface area (Å²) in [6.07, 6.45) is 6.20. The number of aromatic nitrogens is 1. The SMILES string of the molecule is COC(=O)CNC(=O)c1ccc(C(=O)NS(=O)(=O)c2ccc(C(=O)NC3CCCCC3)cc2)cn1. The maximum absolute atomic E-state index is 12.6. The van der Waals surface area contributed by atoms with Gasteiger partial charge in [-0.1, -0.05) is 19.3 Å². The fourth-order valence-electron chi connectivity index (χ4n) is 3.52. The first-order valence-electron chi connectivity index (χ1n) is 11.0. The third kappa shape index (κ3) is 7.09. The first-order valence-corrected chi connectivity index (χ1v) is 12.5. The summed E-state index contributed by atoms with van der Waals surface area (Å²) < 4.78 is 31.6. The van der Waals surface area contributed by atoms with Gasteiger partial charge in [-0.3, -0.25) is 24.2 Å². The van der Waals surface area contributed by atoms with E-state index in [4.69, 9.17) is 0 Å². The Balaban J connectivity index is 1.59. The molecular formula is C23H26N4O7S. The Morgan fingerprint density at radius 1 is 0.914 bits per heavy atom. The Labute approximate surface area is 202 Å². The molecule has 1 saturated carbocycles. The van der Waals surface area contributed by atoms with Gasteiger partial charge in [0.15, 0.2) is 0 Å². The van der Waals surface area contributed by atoms with E-state index in [9.17, 15) is 27.6 Å². The van der Waals surface area contributed by atoms with Gasteiger partial charge in [-0.05, 0) is 49.2 Å². The van der Waals surface area contributed by atoms with Crippen LogP contribution in [-0.2, 0) is 19.6 Å². The van der Waals surface area contributed by atoms with Gasteiger partial charge >= 0.3 is 5.97 Å². The van der Waals surface area contributed by atoms with Crippen molar-refractivity contribution in [2.75, 3.05) is 13.7 Å². The number of nitrogens with zero attached hydrogens (tertiary/aromatic N) is 1. The molecule has 186 valence electrons. The van der Waals surface area contributed by atoms with Crippen LogP contribution in [0.1, 0.15) is 63.3 Å². The zero-order valence-corrected chi connectivity index (χ0v) is 19.9. The number of rotatable bonds is 8. The summed E-state index contributed by atoms with van der Waals surface area (Å²) >= 11 is 0. The molecule has 3 N–H and O–H groups in total. The molecule has 1 aromatic heterocycles. The number of nitrogens with one attached hydrogen (secondary N) is 3. The Kier molecular flexibility index (Phi) is 8.53. The zero-order chi connectivity index (χ0) is 25.4. The normalized spacial score (nSPS) is 14.0. The van der Waals surface area contributed by atoms with Gasteiger partial charge in [0.25, 0.3) is 27.7 Å². The molecule has 0 radical (unpaired) electrons. The first kappa shape index (κ1) is 25.8. The van der Waals surface area contributed by atoms with E-state index in [1.54, 1.807) is 0 Å². The molecule has 3 rings (SSSR count). The average molecular weight is 503 g/mol. The molecular weight excluding hydrogens is 476 g/mol. The number of carbonyl (C=O) groups is 4. The quantitative estimate of drug-likeness (QED) is 0.453. The summed E-state index contributed by atoms with van der Waals surface area (Å²) in [6.45, 7) is -0.349. The van der Waals surface area contributed by atoms with Crippen LogP contribution in [0.5, 0.6) is 0 Å². The summed E-state index contributed by atoms with van der Waals surface area (Å²) in [6, 6.07) is 7.84. The molecule has 11 nitrogen and oxygen atoms in total. The van der Waals surface area contributed by atoms with Crippen molar-refractivity contribution in [3.05, 3.63) is 59.4 Å². The molecule has 0 spiro atoms. The minimum atomic E-state index is -4.21. The van der Waals surface area contributed by atoms with E-state index in [2.05, 4.69) is 20.4 Å². The van der Waals surface area contributed by atoms with E-state index in [1.165, 1.54) is 43.5 Å². The van der Waals surface area contributed by atoms with Crippen LogP contribution in [0.25, 0.3) is 0 Å². The molecule has 2 aromatic rings. The van der Waals surface area contributed by atoms with Crippen molar-refractivity contribution in [1.82, 2.24) is 20.3 Å². The van der Waals surface area contributed by atoms with Crippen molar-refractivity contribution in [3.63, 3.8) is 0 Å². The van der Waals surface area contributed by atoms with Gasteiger partial charge in [-0.2, -0.15) is 0 Å². The van der Waals surface area contributed by atoms with Crippen LogP contribution in [0, 0.1) is 0 Å². The van der Waals surface area contributed by atoms with Crippen molar-refractivity contribution in [2.24, 2.45) is 0 Å². The maximum Gasteiger partial charge on any atom is 0.325 e. The van der Waals surface area contributed by atoms with Gasteiger partial charge in [-0.25, -0.2) is 13.1 Å². The molecule has 12 heteroatoms. The highest BCUT2D eigenvalue weighted by molar-refractivity contribution is 7.90. The third-order valence-electron chi connectivity index (χ3n) is 5.47. The predicted molar refractivity (Wildman–Crippen MR) is 124 cm³/mol. The Morgan fingerprint density at radius 2 is 1.57 bits per heavy atom. The Bertz CT molecular complexity index is 1190. The largest absolute Gasteiger partial charge is 0.468 e. The number of hydrogen-bond donors (Lipinski definition) is 3. The van der Waals surface area contributed by atoms with Crippen LogP contribution in [-0.4, -0.2) is 56.8 Å². The van der Waals surface area contributed by atoms with E-state index in [0.29, 0.717) is 5.56 Å². The van der Waals surface area contributed by atoms with Crippen LogP contribution in [0.3, 0.4) is 0 Å². The topological polar surface area (TPSA) is 161 Å². The lowest BCUT2D eigenvalue weighted by molar-refractivity contribution is -0.139. The number of methoxy groups -OCH3 is 1. The van der Waals surface area contributed by atoms with Gasteiger partial charge in [0.2, 0.25) is 0 Å².